The van der Waals surface area contributed by atoms with E-state index in [1.807, 2.05) is 36.4 Å². The van der Waals surface area contributed by atoms with E-state index in [1.54, 1.807) is 30.9 Å². The van der Waals surface area contributed by atoms with Gasteiger partial charge in [0.05, 0.1) is 0 Å². The normalized spacial score (nSPS) is 11.6. The Morgan fingerprint density at radius 1 is 1.04 bits per heavy atom. The quantitative estimate of drug-likeness (QED) is 0.772. The van der Waals surface area contributed by atoms with Crippen LogP contribution in [0.25, 0.3) is 11.1 Å². The van der Waals surface area contributed by atoms with Crippen LogP contribution in [0.1, 0.15) is 11.4 Å². The lowest BCUT2D eigenvalue weighted by atomic mass is 10.1. The lowest BCUT2D eigenvalue weighted by molar-refractivity contribution is 0.578. The van der Waals surface area contributed by atoms with Crippen molar-refractivity contribution in [3.8, 4) is 11.1 Å². The highest BCUT2D eigenvalue weighted by Gasteiger charge is 2.17. The number of nitrogens with zero attached hydrogens (tertiary/aromatic N) is 3. The van der Waals surface area contributed by atoms with E-state index in [0.29, 0.717) is 5.82 Å². The van der Waals surface area contributed by atoms with E-state index in [-0.39, 0.29) is 11.6 Å². The summed E-state index contributed by atoms with van der Waals surface area (Å²) in [7, 11) is -1.85. The zero-order chi connectivity index (χ0) is 17.2. The van der Waals surface area contributed by atoms with Crippen LogP contribution in [0.2, 0.25) is 0 Å². The van der Waals surface area contributed by atoms with Gasteiger partial charge in [0.15, 0.2) is 5.03 Å². The third-order valence-electron chi connectivity index (χ3n) is 3.80. The number of pyridine rings is 1. The molecule has 0 unspecified atom stereocenters. The second kappa shape index (κ2) is 6.54. The highest BCUT2D eigenvalue weighted by Crippen LogP contribution is 2.19. The Balaban J connectivity index is 1.70. The van der Waals surface area contributed by atoms with Crippen molar-refractivity contribution in [1.82, 2.24) is 19.3 Å². The van der Waals surface area contributed by atoms with Crippen LogP contribution in [0.15, 0.2) is 60.0 Å². The maximum Gasteiger partial charge on any atom is 0.259 e. The first-order valence-corrected chi connectivity index (χ1v) is 8.93. The Bertz CT molecular complexity index is 913. The van der Waals surface area contributed by atoms with Crippen LogP contribution in [0.3, 0.4) is 0 Å². The molecule has 0 saturated carbocycles. The van der Waals surface area contributed by atoms with Crippen molar-refractivity contribution < 1.29 is 8.42 Å². The molecule has 24 heavy (non-hydrogen) atoms. The van der Waals surface area contributed by atoms with Crippen molar-refractivity contribution in [3.05, 3.63) is 66.4 Å². The van der Waals surface area contributed by atoms with Gasteiger partial charge >= 0.3 is 0 Å². The summed E-state index contributed by atoms with van der Waals surface area (Å²) in [5, 5.41) is 0.0379. The summed E-state index contributed by atoms with van der Waals surface area (Å²) < 4.78 is 28.8. The number of hydrogen-bond donors (Lipinski definition) is 1. The molecule has 7 heteroatoms. The smallest absolute Gasteiger partial charge is 0.259 e. The van der Waals surface area contributed by atoms with Crippen LogP contribution >= 0.6 is 0 Å². The summed E-state index contributed by atoms with van der Waals surface area (Å²) >= 11 is 0. The van der Waals surface area contributed by atoms with Gasteiger partial charge in [-0.2, -0.15) is 0 Å². The molecule has 0 aliphatic carbocycles. The molecule has 0 radical (unpaired) electrons. The number of rotatable bonds is 5. The van der Waals surface area contributed by atoms with Gasteiger partial charge in [-0.1, -0.05) is 24.3 Å². The van der Waals surface area contributed by atoms with Crippen molar-refractivity contribution >= 4 is 10.0 Å². The van der Waals surface area contributed by atoms with E-state index in [1.165, 1.54) is 6.20 Å². The first-order chi connectivity index (χ1) is 11.5. The molecule has 0 bridgehead atoms. The van der Waals surface area contributed by atoms with Crippen LogP contribution in [0.5, 0.6) is 0 Å². The van der Waals surface area contributed by atoms with Gasteiger partial charge in [-0.15, -0.1) is 0 Å². The fourth-order valence-corrected chi connectivity index (χ4v) is 3.32. The third-order valence-corrected chi connectivity index (χ3v) is 5.07. The summed E-state index contributed by atoms with van der Waals surface area (Å²) in [5.74, 6) is 0.650. The molecule has 0 fully saturated rings. The summed E-state index contributed by atoms with van der Waals surface area (Å²) in [4.78, 5) is 8.05. The zero-order valence-corrected chi connectivity index (χ0v) is 14.3. The standard InChI is InChI=1S/C17H18N4O2S/c1-13-20-17(12-21(13)2)24(22,23)19-11-14-3-5-15(6-4-14)16-7-9-18-10-8-16/h3-10,12,19H,11H2,1-2H3. The van der Waals surface area contributed by atoms with Crippen LogP contribution in [-0.2, 0) is 23.6 Å². The first kappa shape index (κ1) is 16.4. The predicted molar refractivity (Wildman–Crippen MR) is 91.6 cm³/mol. The van der Waals surface area contributed by atoms with Crippen molar-refractivity contribution in [2.45, 2.75) is 18.5 Å². The molecule has 3 rings (SSSR count). The maximum absolute atomic E-state index is 12.3. The van der Waals surface area contributed by atoms with Crippen molar-refractivity contribution in [2.24, 2.45) is 7.05 Å². The largest absolute Gasteiger partial charge is 0.337 e. The number of aromatic nitrogens is 3. The minimum Gasteiger partial charge on any atom is -0.337 e. The lowest BCUT2D eigenvalue weighted by Gasteiger charge is -2.06. The van der Waals surface area contributed by atoms with Gasteiger partial charge in [0, 0.05) is 32.2 Å². The monoisotopic (exact) mass is 342 g/mol. The lowest BCUT2D eigenvalue weighted by Crippen LogP contribution is -2.23. The fourth-order valence-electron chi connectivity index (χ4n) is 2.27. The molecule has 3 aromatic rings. The van der Waals surface area contributed by atoms with Crippen LogP contribution in [-0.4, -0.2) is 23.0 Å². The van der Waals surface area contributed by atoms with Gasteiger partial charge in [0.25, 0.3) is 10.0 Å². The first-order valence-electron chi connectivity index (χ1n) is 7.45. The zero-order valence-electron chi connectivity index (χ0n) is 13.5. The van der Waals surface area contributed by atoms with Gasteiger partial charge in [0.2, 0.25) is 0 Å². The Morgan fingerprint density at radius 3 is 2.25 bits per heavy atom. The average molecular weight is 342 g/mol. The molecule has 0 aliphatic heterocycles. The minimum absolute atomic E-state index is 0.0379. The van der Waals surface area contributed by atoms with Crippen LogP contribution in [0, 0.1) is 6.92 Å². The average Bonchev–Trinajstić information content (AvgIpc) is 2.94. The predicted octanol–water partition coefficient (Wildman–Crippen LogP) is 2.27. The number of benzene rings is 1. The number of imidazole rings is 1. The molecule has 0 aliphatic rings. The van der Waals surface area contributed by atoms with E-state index in [2.05, 4.69) is 14.7 Å². The Hall–Kier alpha value is -2.51. The Kier molecular flexibility index (Phi) is 4.46. The Labute approximate surface area is 141 Å². The van der Waals surface area contributed by atoms with Gasteiger partial charge in [0.1, 0.15) is 5.82 Å². The molecule has 6 nitrogen and oxygen atoms in total. The summed E-state index contributed by atoms with van der Waals surface area (Å²) in [6, 6.07) is 11.6. The van der Waals surface area contributed by atoms with E-state index < -0.39 is 10.0 Å². The van der Waals surface area contributed by atoms with Gasteiger partial charge in [-0.3, -0.25) is 4.98 Å². The van der Waals surface area contributed by atoms with Gasteiger partial charge in [-0.25, -0.2) is 18.1 Å². The molecule has 2 aromatic heterocycles. The SMILES string of the molecule is Cc1nc(S(=O)(=O)NCc2ccc(-c3ccncc3)cc2)cn1C. The highest BCUT2D eigenvalue weighted by atomic mass is 32.2. The molecule has 0 atom stereocenters. The summed E-state index contributed by atoms with van der Waals surface area (Å²) in [5.41, 5.74) is 3.01. The van der Waals surface area contributed by atoms with E-state index in [9.17, 15) is 8.42 Å². The summed E-state index contributed by atoms with van der Waals surface area (Å²) in [6.07, 6.45) is 4.99. The highest BCUT2D eigenvalue weighted by molar-refractivity contribution is 7.89. The molecule has 0 saturated heterocycles. The van der Waals surface area contributed by atoms with Crippen molar-refractivity contribution in [3.63, 3.8) is 0 Å². The molecular weight excluding hydrogens is 324 g/mol. The van der Waals surface area contributed by atoms with Crippen LogP contribution in [0.4, 0.5) is 0 Å². The summed E-state index contributed by atoms with van der Waals surface area (Å²) in [6.45, 7) is 1.98. The molecule has 1 aromatic carbocycles. The van der Waals surface area contributed by atoms with E-state index in [4.69, 9.17) is 0 Å². The van der Waals surface area contributed by atoms with Crippen LogP contribution < -0.4 is 4.72 Å². The fraction of sp³-hybridized carbons (Fsp3) is 0.176. The molecule has 2 heterocycles. The topological polar surface area (TPSA) is 76.9 Å². The second-order valence-electron chi connectivity index (χ2n) is 5.49. The molecule has 0 amide bonds. The molecule has 0 spiro atoms. The number of hydrogen-bond acceptors (Lipinski definition) is 4. The van der Waals surface area contributed by atoms with E-state index >= 15 is 0 Å². The number of aryl methyl sites for hydroxylation is 2. The molecule has 1 N–H and O–H groups in total. The Morgan fingerprint density at radius 2 is 1.67 bits per heavy atom. The van der Waals surface area contributed by atoms with Crippen molar-refractivity contribution in [2.75, 3.05) is 0 Å². The third kappa shape index (κ3) is 3.52. The maximum atomic E-state index is 12.3. The second-order valence-corrected chi connectivity index (χ2v) is 7.21. The van der Waals surface area contributed by atoms with E-state index in [0.717, 1.165) is 16.7 Å². The minimum atomic E-state index is -3.61. The number of nitrogens with one attached hydrogen (secondary N) is 1. The van der Waals surface area contributed by atoms with Gasteiger partial charge < -0.3 is 4.57 Å². The van der Waals surface area contributed by atoms with Gasteiger partial charge in [-0.05, 0) is 35.7 Å². The molecule has 124 valence electrons. The van der Waals surface area contributed by atoms with Crippen molar-refractivity contribution in [1.29, 1.82) is 0 Å². The molecular formula is C17H18N4O2S. The number of sulfonamides is 1.